The van der Waals surface area contributed by atoms with Crippen molar-refractivity contribution in [1.29, 1.82) is 0 Å². The first-order chi connectivity index (χ1) is 6.11. The summed E-state index contributed by atoms with van der Waals surface area (Å²) < 4.78 is 0.486. The molecule has 68 valence electrons. The molecule has 4 heteroatoms. The summed E-state index contributed by atoms with van der Waals surface area (Å²) >= 11 is 3.15. The smallest absolute Gasteiger partial charge is 0.172 e. The number of aromatic hydroxyl groups is 2. The molecule has 0 saturated heterocycles. The van der Waals surface area contributed by atoms with E-state index in [0.717, 1.165) is 11.1 Å². The predicted molar refractivity (Wildman–Crippen MR) is 54.1 cm³/mol. The number of benzene rings is 1. The standard InChI is InChI=1S/C9H8BrNO2/c1-4-3-11-6-2-5(10)8(12)9(13)7(4)6/h2-3,11-13H,1H3. The van der Waals surface area contributed by atoms with E-state index in [1.165, 1.54) is 0 Å². The van der Waals surface area contributed by atoms with Crippen LogP contribution >= 0.6 is 15.9 Å². The number of fused-ring (bicyclic) bond motifs is 1. The van der Waals surface area contributed by atoms with Gasteiger partial charge in [0.05, 0.1) is 9.99 Å². The molecule has 0 radical (unpaired) electrons. The molecule has 0 saturated carbocycles. The molecule has 0 unspecified atom stereocenters. The number of halogens is 1. The molecule has 13 heavy (non-hydrogen) atoms. The van der Waals surface area contributed by atoms with E-state index in [9.17, 15) is 10.2 Å². The third-order valence-electron chi connectivity index (χ3n) is 2.07. The van der Waals surface area contributed by atoms with Crippen molar-refractivity contribution in [2.75, 3.05) is 0 Å². The summed E-state index contributed by atoms with van der Waals surface area (Å²) in [4.78, 5) is 3.00. The van der Waals surface area contributed by atoms with Gasteiger partial charge in [-0.1, -0.05) is 0 Å². The van der Waals surface area contributed by atoms with Crippen molar-refractivity contribution >= 4 is 26.8 Å². The maximum absolute atomic E-state index is 9.61. The third-order valence-corrected chi connectivity index (χ3v) is 2.67. The molecule has 0 bridgehead atoms. The Kier molecular flexibility index (Phi) is 1.73. The van der Waals surface area contributed by atoms with Gasteiger partial charge in [0.15, 0.2) is 11.5 Å². The van der Waals surface area contributed by atoms with Crippen LogP contribution in [0.3, 0.4) is 0 Å². The van der Waals surface area contributed by atoms with Crippen molar-refractivity contribution in [2.45, 2.75) is 6.92 Å². The number of rotatable bonds is 0. The lowest BCUT2D eigenvalue weighted by Crippen LogP contribution is -1.75. The fourth-order valence-electron chi connectivity index (χ4n) is 1.40. The highest BCUT2D eigenvalue weighted by Gasteiger charge is 2.12. The van der Waals surface area contributed by atoms with Crippen LogP contribution in [0.25, 0.3) is 10.9 Å². The van der Waals surface area contributed by atoms with Crippen LogP contribution < -0.4 is 0 Å². The van der Waals surface area contributed by atoms with E-state index in [4.69, 9.17) is 0 Å². The van der Waals surface area contributed by atoms with Crippen LogP contribution in [0.2, 0.25) is 0 Å². The Balaban J connectivity index is 2.97. The minimum Gasteiger partial charge on any atom is -0.504 e. The summed E-state index contributed by atoms with van der Waals surface area (Å²) in [5.74, 6) is -0.196. The SMILES string of the molecule is Cc1c[nH]c2cc(Br)c(O)c(O)c12. The Morgan fingerprint density at radius 2 is 2.00 bits per heavy atom. The zero-order chi connectivity index (χ0) is 9.59. The Hall–Kier alpha value is -1.16. The average Bonchev–Trinajstić information content (AvgIpc) is 2.43. The maximum Gasteiger partial charge on any atom is 0.172 e. The molecule has 0 spiro atoms. The van der Waals surface area contributed by atoms with E-state index in [2.05, 4.69) is 20.9 Å². The van der Waals surface area contributed by atoms with Crippen molar-refractivity contribution < 1.29 is 10.2 Å². The second-order valence-electron chi connectivity index (χ2n) is 2.95. The number of aromatic nitrogens is 1. The van der Waals surface area contributed by atoms with Crippen molar-refractivity contribution in [1.82, 2.24) is 4.98 Å². The molecule has 3 nitrogen and oxygen atoms in total. The molecule has 3 N–H and O–H groups in total. The molecule has 0 atom stereocenters. The van der Waals surface area contributed by atoms with Crippen LogP contribution in [0, 0.1) is 6.92 Å². The van der Waals surface area contributed by atoms with Crippen LogP contribution in [0.1, 0.15) is 5.56 Å². The topological polar surface area (TPSA) is 56.2 Å². The molecule has 0 amide bonds. The average molecular weight is 242 g/mol. The molecular weight excluding hydrogens is 234 g/mol. The summed E-state index contributed by atoms with van der Waals surface area (Å²) in [6, 6.07) is 1.73. The lowest BCUT2D eigenvalue weighted by molar-refractivity contribution is 0.406. The first-order valence-electron chi connectivity index (χ1n) is 3.79. The summed E-state index contributed by atoms with van der Waals surface area (Å²) in [6.45, 7) is 1.87. The highest BCUT2D eigenvalue weighted by molar-refractivity contribution is 9.10. The van der Waals surface area contributed by atoms with Gasteiger partial charge in [-0.05, 0) is 34.5 Å². The van der Waals surface area contributed by atoms with E-state index < -0.39 is 0 Å². The van der Waals surface area contributed by atoms with Crippen molar-refractivity contribution in [3.05, 3.63) is 22.3 Å². The molecule has 2 rings (SSSR count). The van der Waals surface area contributed by atoms with Crippen molar-refractivity contribution in [2.24, 2.45) is 0 Å². The number of H-pyrrole nitrogens is 1. The van der Waals surface area contributed by atoms with E-state index in [0.29, 0.717) is 9.86 Å². The molecule has 2 aromatic rings. The Labute approximate surface area is 83.1 Å². The highest BCUT2D eigenvalue weighted by Crippen LogP contribution is 2.40. The van der Waals surface area contributed by atoms with E-state index >= 15 is 0 Å². The Morgan fingerprint density at radius 3 is 2.69 bits per heavy atom. The monoisotopic (exact) mass is 241 g/mol. The Bertz CT molecular complexity index is 476. The predicted octanol–water partition coefficient (Wildman–Crippen LogP) is 2.65. The second kappa shape index (κ2) is 2.67. The van der Waals surface area contributed by atoms with Crippen LogP contribution in [-0.2, 0) is 0 Å². The number of aryl methyl sites for hydroxylation is 1. The number of phenolic OH excluding ortho intramolecular Hbond substituents is 2. The van der Waals surface area contributed by atoms with Crippen LogP contribution in [0.5, 0.6) is 11.5 Å². The first-order valence-corrected chi connectivity index (χ1v) is 4.58. The zero-order valence-electron chi connectivity index (χ0n) is 6.93. The van der Waals surface area contributed by atoms with Gasteiger partial charge in [-0.2, -0.15) is 0 Å². The van der Waals surface area contributed by atoms with Gasteiger partial charge in [-0.3, -0.25) is 0 Å². The number of hydrogen-bond acceptors (Lipinski definition) is 2. The van der Waals surface area contributed by atoms with Gasteiger partial charge in [0.2, 0.25) is 0 Å². The van der Waals surface area contributed by atoms with Crippen LogP contribution in [0.15, 0.2) is 16.7 Å². The van der Waals surface area contributed by atoms with Gasteiger partial charge in [0.25, 0.3) is 0 Å². The Morgan fingerprint density at radius 1 is 1.31 bits per heavy atom. The van der Waals surface area contributed by atoms with Crippen molar-refractivity contribution in [3.63, 3.8) is 0 Å². The van der Waals surface area contributed by atoms with Gasteiger partial charge >= 0.3 is 0 Å². The van der Waals surface area contributed by atoms with Gasteiger partial charge in [-0.25, -0.2) is 0 Å². The zero-order valence-corrected chi connectivity index (χ0v) is 8.51. The summed E-state index contributed by atoms with van der Waals surface area (Å²) in [5.41, 5.74) is 1.72. The number of aromatic amines is 1. The lowest BCUT2D eigenvalue weighted by Gasteiger charge is -2.02. The maximum atomic E-state index is 9.61. The molecule has 0 aliphatic rings. The number of phenols is 2. The summed E-state index contributed by atoms with van der Waals surface area (Å²) in [5, 5.41) is 19.7. The molecule has 0 fully saturated rings. The summed E-state index contributed by atoms with van der Waals surface area (Å²) in [7, 11) is 0. The van der Waals surface area contributed by atoms with E-state index in [-0.39, 0.29) is 11.5 Å². The largest absolute Gasteiger partial charge is 0.504 e. The fraction of sp³-hybridized carbons (Fsp3) is 0.111. The van der Waals surface area contributed by atoms with Gasteiger partial charge in [0.1, 0.15) is 0 Å². The quantitative estimate of drug-likeness (QED) is 0.622. The molecule has 1 aromatic carbocycles. The minimum atomic E-state index is -0.116. The number of nitrogens with one attached hydrogen (secondary N) is 1. The van der Waals surface area contributed by atoms with Gasteiger partial charge in [0, 0.05) is 11.6 Å². The van der Waals surface area contributed by atoms with Gasteiger partial charge < -0.3 is 15.2 Å². The highest BCUT2D eigenvalue weighted by atomic mass is 79.9. The lowest BCUT2D eigenvalue weighted by atomic mass is 10.1. The van der Waals surface area contributed by atoms with E-state index in [1.807, 2.05) is 6.92 Å². The molecule has 0 aliphatic heterocycles. The summed E-state index contributed by atoms with van der Waals surface area (Å²) in [6.07, 6.45) is 1.79. The van der Waals surface area contributed by atoms with E-state index in [1.54, 1.807) is 12.3 Å². The molecule has 1 heterocycles. The molecule has 0 aliphatic carbocycles. The fourth-order valence-corrected chi connectivity index (χ4v) is 1.81. The minimum absolute atomic E-state index is 0.0804. The number of hydrogen-bond donors (Lipinski definition) is 3. The van der Waals surface area contributed by atoms with Crippen LogP contribution in [0.4, 0.5) is 0 Å². The molecule has 1 aromatic heterocycles. The van der Waals surface area contributed by atoms with Crippen LogP contribution in [-0.4, -0.2) is 15.2 Å². The normalized spacial score (nSPS) is 10.9. The second-order valence-corrected chi connectivity index (χ2v) is 3.80. The first kappa shape index (κ1) is 8.44. The molecular formula is C9H8BrNO2. The van der Waals surface area contributed by atoms with Gasteiger partial charge in [-0.15, -0.1) is 0 Å². The third kappa shape index (κ3) is 1.09. The van der Waals surface area contributed by atoms with Crippen molar-refractivity contribution in [3.8, 4) is 11.5 Å².